The van der Waals surface area contributed by atoms with Crippen LogP contribution in [0.15, 0.2) is 59.5 Å². The maximum absolute atomic E-state index is 12.1. The minimum absolute atomic E-state index is 0.0852. The maximum atomic E-state index is 12.1. The van der Waals surface area contributed by atoms with Crippen LogP contribution in [0.1, 0.15) is 11.1 Å². The van der Waals surface area contributed by atoms with Gasteiger partial charge in [-0.15, -0.1) is 0 Å². The van der Waals surface area contributed by atoms with Crippen molar-refractivity contribution in [2.75, 3.05) is 19.7 Å². The highest BCUT2D eigenvalue weighted by molar-refractivity contribution is 7.89. The van der Waals surface area contributed by atoms with Crippen LogP contribution in [0.4, 0.5) is 0 Å². The van der Waals surface area contributed by atoms with E-state index in [4.69, 9.17) is 10.00 Å². The Morgan fingerprint density at radius 1 is 1.04 bits per heavy atom. The van der Waals surface area contributed by atoms with Gasteiger partial charge >= 0.3 is 5.97 Å². The minimum Gasteiger partial charge on any atom is -0.455 e. The van der Waals surface area contributed by atoms with Gasteiger partial charge in [0.1, 0.15) is 6.54 Å². The second kappa shape index (κ2) is 10.2. The molecule has 0 spiro atoms. The molecule has 0 saturated carbocycles. The van der Waals surface area contributed by atoms with Gasteiger partial charge in [0.05, 0.1) is 16.5 Å². The van der Waals surface area contributed by atoms with Gasteiger partial charge in [0.25, 0.3) is 5.91 Å². The van der Waals surface area contributed by atoms with Crippen LogP contribution in [0.2, 0.25) is 0 Å². The van der Waals surface area contributed by atoms with Crippen molar-refractivity contribution in [3.63, 3.8) is 0 Å². The Bertz CT molecular complexity index is 951. The molecule has 146 valence electrons. The number of carbonyl (C=O) groups is 2. The predicted octanol–water partition coefficient (Wildman–Crippen LogP) is 0.739. The van der Waals surface area contributed by atoms with Gasteiger partial charge in [0.15, 0.2) is 6.61 Å². The summed E-state index contributed by atoms with van der Waals surface area (Å²) in [4.78, 5) is 23.2. The summed E-state index contributed by atoms with van der Waals surface area (Å²) in [5.41, 5.74) is 1.38. The van der Waals surface area contributed by atoms with E-state index in [-0.39, 0.29) is 4.90 Å². The van der Waals surface area contributed by atoms with Crippen LogP contribution in [0.5, 0.6) is 0 Å². The second-order valence-electron chi connectivity index (χ2n) is 5.71. The number of nitrogens with one attached hydrogen (secondary N) is 2. The number of benzene rings is 2. The molecule has 1 amide bonds. The van der Waals surface area contributed by atoms with Crippen LogP contribution < -0.4 is 10.0 Å². The van der Waals surface area contributed by atoms with Crippen molar-refractivity contribution >= 4 is 21.9 Å². The number of carbonyl (C=O) groups excluding carboxylic acids is 2. The summed E-state index contributed by atoms with van der Waals surface area (Å²) < 4.78 is 31.0. The van der Waals surface area contributed by atoms with E-state index in [9.17, 15) is 18.0 Å². The van der Waals surface area contributed by atoms with E-state index in [0.717, 1.165) is 5.56 Å². The fourth-order valence-electron chi connectivity index (χ4n) is 2.18. The third-order valence-electron chi connectivity index (χ3n) is 3.64. The first-order valence-electron chi connectivity index (χ1n) is 8.37. The zero-order valence-corrected chi connectivity index (χ0v) is 15.7. The Hall–Kier alpha value is -3.22. The number of nitrogens with zero attached hydrogens (tertiary/aromatic N) is 1. The van der Waals surface area contributed by atoms with Gasteiger partial charge in [-0.1, -0.05) is 30.3 Å². The highest BCUT2D eigenvalue weighted by Crippen LogP contribution is 2.09. The average molecular weight is 401 g/mol. The van der Waals surface area contributed by atoms with E-state index < -0.39 is 35.1 Å². The Balaban J connectivity index is 1.70. The Kier molecular flexibility index (Phi) is 7.68. The SMILES string of the molecule is N#Cc1ccc(S(=O)(=O)NCC(=O)OCC(=O)NCCc2ccccc2)cc1. The first-order valence-corrected chi connectivity index (χ1v) is 9.85. The number of amides is 1. The number of nitriles is 1. The molecular weight excluding hydrogens is 382 g/mol. The molecule has 0 aliphatic heterocycles. The van der Waals surface area contributed by atoms with Gasteiger partial charge in [0.2, 0.25) is 10.0 Å². The topological polar surface area (TPSA) is 125 Å². The molecule has 0 bridgehead atoms. The van der Waals surface area contributed by atoms with Crippen molar-refractivity contribution in [2.24, 2.45) is 0 Å². The summed E-state index contributed by atoms with van der Waals surface area (Å²) in [5.74, 6) is -1.35. The van der Waals surface area contributed by atoms with E-state index in [1.165, 1.54) is 24.3 Å². The molecule has 0 saturated heterocycles. The summed E-state index contributed by atoms with van der Waals surface area (Å²) in [5, 5.41) is 11.3. The van der Waals surface area contributed by atoms with Gasteiger partial charge in [-0.25, -0.2) is 8.42 Å². The number of hydrogen-bond donors (Lipinski definition) is 2. The van der Waals surface area contributed by atoms with Gasteiger partial charge in [-0.2, -0.15) is 9.98 Å². The van der Waals surface area contributed by atoms with Crippen LogP contribution in [0.3, 0.4) is 0 Å². The third kappa shape index (κ3) is 6.83. The van der Waals surface area contributed by atoms with Crippen LogP contribution in [0.25, 0.3) is 0 Å². The molecule has 9 heteroatoms. The standard InChI is InChI=1S/C19H19N3O5S/c20-12-16-6-8-17(9-7-16)28(25,26)22-13-19(24)27-14-18(23)21-11-10-15-4-2-1-3-5-15/h1-9,22H,10-11,13-14H2,(H,21,23). The van der Waals surface area contributed by atoms with E-state index in [2.05, 4.69) is 10.0 Å². The minimum atomic E-state index is -3.92. The van der Waals surface area contributed by atoms with Gasteiger partial charge in [-0.05, 0) is 36.2 Å². The summed E-state index contributed by atoms with van der Waals surface area (Å²) in [6.07, 6.45) is 0.644. The van der Waals surface area contributed by atoms with E-state index in [0.29, 0.717) is 18.5 Å². The number of esters is 1. The summed E-state index contributed by atoms with van der Waals surface area (Å²) in [6.45, 7) is -0.711. The normalized spacial score (nSPS) is 10.7. The molecular formula is C19H19N3O5S. The first-order chi connectivity index (χ1) is 13.4. The number of rotatable bonds is 9. The van der Waals surface area contributed by atoms with Gasteiger partial charge < -0.3 is 10.1 Å². The summed E-state index contributed by atoms with van der Waals surface area (Å²) >= 11 is 0. The predicted molar refractivity (Wildman–Crippen MR) is 100 cm³/mol. The van der Waals surface area contributed by atoms with E-state index in [1.807, 2.05) is 36.4 Å². The van der Waals surface area contributed by atoms with Gasteiger partial charge in [0, 0.05) is 6.54 Å². The smallest absolute Gasteiger partial charge is 0.321 e. The monoisotopic (exact) mass is 401 g/mol. The van der Waals surface area contributed by atoms with Gasteiger partial charge in [-0.3, -0.25) is 9.59 Å². The Morgan fingerprint density at radius 3 is 2.36 bits per heavy atom. The van der Waals surface area contributed by atoms with E-state index >= 15 is 0 Å². The number of hydrogen-bond acceptors (Lipinski definition) is 6. The van der Waals surface area contributed by atoms with Crippen molar-refractivity contribution in [1.82, 2.24) is 10.0 Å². The lowest BCUT2D eigenvalue weighted by Crippen LogP contribution is -2.34. The molecule has 8 nitrogen and oxygen atoms in total. The summed E-state index contributed by atoms with van der Waals surface area (Å²) in [7, 11) is -3.92. The largest absolute Gasteiger partial charge is 0.455 e. The lowest BCUT2D eigenvalue weighted by atomic mass is 10.1. The van der Waals surface area contributed by atoms with Crippen molar-refractivity contribution in [3.8, 4) is 6.07 Å². The molecule has 0 radical (unpaired) electrons. The fraction of sp³-hybridized carbons (Fsp3) is 0.211. The van der Waals surface area contributed by atoms with Crippen LogP contribution in [-0.2, 0) is 30.8 Å². The van der Waals surface area contributed by atoms with Crippen LogP contribution in [-0.4, -0.2) is 40.0 Å². The Labute approximate surface area is 163 Å². The molecule has 2 N–H and O–H groups in total. The maximum Gasteiger partial charge on any atom is 0.321 e. The molecule has 0 heterocycles. The molecule has 0 atom stereocenters. The number of ether oxygens (including phenoxy) is 1. The van der Waals surface area contributed by atoms with Crippen LogP contribution in [0, 0.1) is 11.3 Å². The second-order valence-corrected chi connectivity index (χ2v) is 7.47. The van der Waals surface area contributed by atoms with Crippen LogP contribution >= 0.6 is 0 Å². The molecule has 28 heavy (non-hydrogen) atoms. The average Bonchev–Trinajstić information content (AvgIpc) is 2.71. The zero-order chi connectivity index (χ0) is 20.4. The molecule has 2 aromatic rings. The number of sulfonamides is 1. The fourth-order valence-corrected chi connectivity index (χ4v) is 3.15. The molecule has 2 aromatic carbocycles. The van der Waals surface area contributed by atoms with Crippen molar-refractivity contribution < 1.29 is 22.7 Å². The molecule has 0 aliphatic rings. The highest BCUT2D eigenvalue weighted by Gasteiger charge is 2.16. The zero-order valence-electron chi connectivity index (χ0n) is 14.9. The lowest BCUT2D eigenvalue weighted by molar-refractivity contribution is -0.147. The highest BCUT2D eigenvalue weighted by atomic mass is 32.2. The summed E-state index contributed by atoms with van der Waals surface area (Å²) in [6, 6.07) is 16.7. The van der Waals surface area contributed by atoms with Crippen molar-refractivity contribution in [3.05, 3.63) is 65.7 Å². The van der Waals surface area contributed by atoms with Crippen molar-refractivity contribution in [1.29, 1.82) is 5.26 Å². The third-order valence-corrected chi connectivity index (χ3v) is 5.06. The molecule has 0 aliphatic carbocycles. The lowest BCUT2D eigenvalue weighted by Gasteiger charge is -2.08. The van der Waals surface area contributed by atoms with E-state index in [1.54, 1.807) is 0 Å². The van der Waals surface area contributed by atoms with Crippen molar-refractivity contribution in [2.45, 2.75) is 11.3 Å². The molecule has 0 aromatic heterocycles. The Morgan fingerprint density at radius 2 is 1.71 bits per heavy atom. The molecule has 2 rings (SSSR count). The quantitative estimate of drug-likeness (QED) is 0.597. The first kappa shape index (κ1) is 21.1. The molecule has 0 unspecified atom stereocenters. The molecule has 0 fully saturated rings.